The number of nitrogens with one attached hydrogen (secondary N) is 2. The Kier molecular flexibility index (Phi) is 8.21. The van der Waals surface area contributed by atoms with Crippen LogP contribution in [0.1, 0.15) is 78.2 Å². The van der Waals surface area contributed by atoms with Gasteiger partial charge in [-0.2, -0.15) is 5.10 Å². The van der Waals surface area contributed by atoms with Crippen molar-refractivity contribution in [3.8, 4) is 0 Å². The number of fused-ring (bicyclic) bond motifs is 2. The third-order valence-electron chi connectivity index (χ3n) is 11.0. The Hall–Kier alpha value is -4.93. The minimum absolute atomic E-state index is 0.0168. The number of carbonyl (C=O) groups excluding carboxylic acids is 2. The number of urea groups is 1. The number of para-hydroxylation sites is 1. The molecule has 49 heavy (non-hydrogen) atoms. The molecule has 4 aliphatic heterocycles. The molecule has 0 bridgehead atoms. The summed E-state index contributed by atoms with van der Waals surface area (Å²) in [5.41, 5.74) is 6.05. The summed E-state index contributed by atoms with van der Waals surface area (Å²) in [6.07, 6.45) is 10.2. The van der Waals surface area contributed by atoms with Crippen LogP contribution in [0.3, 0.4) is 0 Å². The average Bonchev–Trinajstić information content (AvgIpc) is 3.56. The number of carbonyl (C=O) groups is 2. The van der Waals surface area contributed by atoms with E-state index >= 15 is 0 Å². The maximum Gasteiger partial charge on any atom is 0.322 e. The van der Waals surface area contributed by atoms with Gasteiger partial charge >= 0.3 is 6.03 Å². The first-order valence-electron chi connectivity index (χ1n) is 17.7. The number of hydrogen-bond acceptors (Lipinski definition) is 7. The van der Waals surface area contributed by atoms with Crippen molar-refractivity contribution in [3.05, 3.63) is 95.1 Å². The Morgan fingerprint density at radius 2 is 1.57 bits per heavy atom. The highest BCUT2D eigenvalue weighted by molar-refractivity contribution is 5.96. The maximum absolute atomic E-state index is 14.3. The first-order valence-corrected chi connectivity index (χ1v) is 17.7. The van der Waals surface area contributed by atoms with E-state index in [1.165, 1.54) is 11.1 Å². The minimum atomic E-state index is -0.226. The van der Waals surface area contributed by atoms with E-state index in [-0.39, 0.29) is 23.4 Å². The summed E-state index contributed by atoms with van der Waals surface area (Å²) < 4.78 is 0. The van der Waals surface area contributed by atoms with Crippen molar-refractivity contribution in [1.29, 1.82) is 0 Å². The molecule has 0 radical (unpaired) electrons. The largest absolute Gasteiger partial charge is 0.356 e. The third kappa shape index (κ3) is 6.22. The Morgan fingerprint density at radius 3 is 2.31 bits per heavy atom. The Morgan fingerprint density at radius 1 is 0.878 bits per heavy atom. The summed E-state index contributed by atoms with van der Waals surface area (Å²) in [6, 6.07) is 16.5. The number of nitrogens with zero attached hydrogens (tertiary/aromatic N) is 7. The summed E-state index contributed by atoms with van der Waals surface area (Å²) in [7, 11) is 0. The predicted molar refractivity (Wildman–Crippen MR) is 190 cm³/mol. The van der Waals surface area contributed by atoms with Gasteiger partial charge in [0.2, 0.25) is 0 Å². The van der Waals surface area contributed by atoms with Crippen molar-refractivity contribution in [2.75, 3.05) is 54.4 Å². The SMILES string of the molecule is CC1(C)CN(C(=O)c2cc(N3CCC(c4ccncc4)CC3)nc(N3CCC(N4CCc5ccccc5NC4=O)CC3)c2)Cc2cn[nH]c21. The van der Waals surface area contributed by atoms with Crippen LogP contribution in [0.15, 0.2) is 67.1 Å². The Balaban J connectivity index is 1.02. The van der Waals surface area contributed by atoms with Crippen molar-refractivity contribution >= 4 is 29.3 Å². The zero-order valence-corrected chi connectivity index (χ0v) is 28.4. The summed E-state index contributed by atoms with van der Waals surface area (Å²) in [5.74, 6) is 2.21. The maximum atomic E-state index is 14.3. The molecule has 0 unspecified atom stereocenters. The molecule has 11 nitrogen and oxygen atoms in total. The van der Waals surface area contributed by atoms with Crippen molar-refractivity contribution < 1.29 is 9.59 Å². The number of amides is 3. The lowest BCUT2D eigenvalue weighted by atomic mass is 9.83. The third-order valence-corrected chi connectivity index (χ3v) is 11.0. The fraction of sp³-hybridized carbons (Fsp3) is 0.447. The van der Waals surface area contributed by atoms with Gasteiger partial charge in [-0.3, -0.25) is 14.9 Å². The van der Waals surface area contributed by atoms with E-state index in [1.807, 2.05) is 58.7 Å². The molecule has 8 rings (SSSR count). The lowest BCUT2D eigenvalue weighted by Gasteiger charge is -2.39. The second kappa shape index (κ2) is 12.8. The van der Waals surface area contributed by atoms with Gasteiger partial charge in [-0.25, -0.2) is 9.78 Å². The first-order chi connectivity index (χ1) is 23.8. The lowest BCUT2D eigenvalue weighted by Crippen LogP contribution is -2.49. The number of benzene rings is 1. The molecule has 0 spiro atoms. The molecule has 254 valence electrons. The fourth-order valence-electron chi connectivity index (χ4n) is 8.33. The quantitative estimate of drug-likeness (QED) is 0.288. The van der Waals surface area contributed by atoms with E-state index in [0.717, 1.165) is 86.9 Å². The van der Waals surface area contributed by atoms with Gasteiger partial charge in [0, 0.05) is 92.2 Å². The molecule has 4 aromatic rings. The summed E-state index contributed by atoms with van der Waals surface area (Å²) >= 11 is 0. The van der Waals surface area contributed by atoms with E-state index in [1.54, 1.807) is 0 Å². The summed E-state index contributed by atoms with van der Waals surface area (Å²) in [4.78, 5) is 45.6. The van der Waals surface area contributed by atoms with Gasteiger partial charge in [-0.1, -0.05) is 32.0 Å². The van der Waals surface area contributed by atoms with E-state index in [4.69, 9.17) is 4.98 Å². The molecule has 0 aliphatic carbocycles. The average molecular weight is 660 g/mol. The smallest absolute Gasteiger partial charge is 0.322 e. The van der Waals surface area contributed by atoms with Gasteiger partial charge in [0.1, 0.15) is 11.6 Å². The van der Waals surface area contributed by atoms with Gasteiger partial charge in [-0.15, -0.1) is 0 Å². The second-order valence-electron chi connectivity index (χ2n) is 14.7. The van der Waals surface area contributed by atoms with Gasteiger partial charge in [0.05, 0.1) is 6.20 Å². The van der Waals surface area contributed by atoms with Gasteiger partial charge < -0.3 is 24.9 Å². The number of H-pyrrole nitrogens is 1. The normalized spacial score (nSPS) is 20.0. The first kappa shape index (κ1) is 31.3. The summed E-state index contributed by atoms with van der Waals surface area (Å²) in [5, 5.41) is 10.6. The number of aromatic amines is 1. The van der Waals surface area contributed by atoms with Crippen LogP contribution < -0.4 is 15.1 Å². The Bertz CT molecular complexity index is 1820. The molecular weight excluding hydrogens is 614 g/mol. The van der Waals surface area contributed by atoms with Crippen molar-refractivity contribution in [1.82, 2.24) is 30.0 Å². The summed E-state index contributed by atoms with van der Waals surface area (Å²) in [6.45, 7) is 9.46. The molecule has 4 aliphatic rings. The van der Waals surface area contributed by atoms with Crippen LogP contribution in [0.2, 0.25) is 0 Å². The predicted octanol–water partition coefficient (Wildman–Crippen LogP) is 5.58. The standard InChI is InChI=1S/C38H45N9O2/c1-38(2)25-46(24-30-23-40-43-35(30)38)36(48)29-21-33(44-16-9-27(10-17-44)26-7-14-39-15-8-26)42-34(22-29)45-18-12-31(13-19-45)47-20-11-28-5-3-4-6-32(28)41-37(47)49/h3-8,14-15,21-23,27,31H,9-13,16-20,24-25H2,1-2H3,(H,40,43)(H,41,49). The lowest BCUT2D eigenvalue weighted by molar-refractivity contribution is 0.0684. The molecule has 11 heteroatoms. The van der Waals surface area contributed by atoms with Crippen molar-refractivity contribution in [3.63, 3.8) is 0 Å². The highest BCUT2D eigenvalue weighted by atomic mass is 16.2. The molecule has 1 aromatic carbocycles. The fourth-order valence-corrected chi connectivity index (χ4v) is 8.33. The highest BCUT2D eigenvalue weighted by Crippen LogP contribution is 2.35. The number of hydrogen-bond donors (Lipinski definition) is 2. The van der Waals surface area contributed by atoms with Crippen LogP contribution in [0, 0.1) is 0 Å². The van der Waals surface area contributed by atoms with Gasteiger partial charge in [-0.05, 0) is 79.5 Å². The van der Waals surface area contributed by atoms with E-state index in [9.17, 15) is 9.59 Å². The molecular formula is C38H45N9O2. The molecule has 0 saturated carbocycles. The number of pyridine rings is 2. The molecule has 0 atom stereocenters. The van der Waals surface area contributed by atoms with Gasteiger partial charge in [0.15, 0.2) is 0 Å². The van der Waals surface area contributed by atoms with Crippen molar-refractivity contribution in [2.24, 2.45) is 0 Å². The van der Waals surface area contributed by atoms with Gasteiger partial charge in [0.25, 0.3) is 5.91 Å². The van der Waals surface area contributed by atoms with Crippen LogP contribution in [-0.4, -0.2) is 87.2 Å². The highest BCUT2D eigenvalue weighted by Gasteiger charge is 2.37. The van der Waals surface area contributed by atoms with Crippen LogP contribution >= 0.6 is 0 Å². The van der Waals surface area contributed by atoms with Crippen LogP contribution in [0.4, 0.5) is 22.1 Å². The monoisotopic (exact) mass is 659 g/mol. The minimum Gasteiger partial charge on any atom is -0.356 e. The molecule has 3 amide bonds. The van der Waals surface area contributed by atoms with Crippen molar-refractivity contribution in [2.45, 2.75) is 69.9 Å². The Labute approximate surface area is 287 Å². The van der Waals surface area contributed by atoms with Crippen LogP contribution in [0.5, 0.6) is 0 Å². The van der Waals surface area contributed by atoms with E-state index in [0.29, 0.717) is 31.1 Å². The second-order valence-corrected chi connectivity index (χ2v) is 14.7. The number of anilines is 3. The molecule has 7 heterocycles. The molecule has 2 N–H and O–H groups in total. The number of aromatic nitrogens is 4. The zero-order valence-electron chi connectivity index (χ0n) is 28.4. The van der Waals surface area contributed by atoms with E-state index in [2.05, 4.69) is 62.3 Å². The number of piperidine rings is 2. The molecule has 3 aromatic heterocycles. The molecule has 2 fully saturated rings. The van der Waals surface area contributed by atoms with E-state index < -0.39 is 0 Å². The topological polar surface area (TPSA) is 114 Å². The van der Waals surface area contributed by atoms with Crippen LogP contribution in [0.25, 0.3) is 0 Å². The zero-order chi connectivity index (χ0) is 33.5. The molecule has 2 saturated heterocycles. The number of rotatable bonds is 5. The van der Waals surface area contributed by atoms with Crippen LogP contribution in [-0.2, 0) is 18.4 Å².